The van der Waals surface area contributed by atoms with E-state index in [2.05, 4.69) is 37.5 Å². The molecule has 108 valence electrons. The number of fused-ring (bicyclic) bond motifs is 4. The van der Waals surface area contributed by atoms with Crippen molar-refractivity contribution in [1.29, 1.82) is 0 Å². The summed E-state index contributed by atoms with van der Waals surface area (Å²) < 4.78 is 0. The summed E-state index contributed by atoms with van der Waals surface area (Å²) in [5.74, 6) is 0.0308. The molecule has 0 radical (unpaired) electrons. The maximum absolute atomic E-state index is 12.1. The summed E-state index contributed by atoms with van der Waals surface area (Å²) in [5, 5.41) is 6.43. The summed E-state index contributed by atoms with van der Waals surface area (Å²) >= 11 is 0. The van der Waals surface area contributed by atoms with Crippen LogP contribution in [-0.4, -0.2) is 25.5 Å². The van der Waals surface area contributed by atoms with Gasteiger partial charge in [-0.15, -0.1) is 0 Å². The summed E-state index contributed by atoms with van der Waals surface area (Å²) in [6.45, 7) is 8.15. The molecule has 1 aliphatic carbocycles. The molecular formula is C17H24N2O. The normalized spacial score (nSPS) is 30.5. The first-order chi connectivity index (χ1) is 9.41. The Kier molecular flexibility index (Phi) is 2.94. The van der Waals surface area contributed by atoms with Crippen molar-refractivity contribution < 1.29 is 4.79 Å². The Morgan fingerprint density at radius 2 is 2.10 bits per heavy atom. The highest BCUT2D eigenvalue weighted by Crippen LogP contribution is 2.54. The van der Waals surface area contributed by atoms with Crippen LogP contribution >= 0.6 is 0 Å². The Labute approximate surface area is 121 Å². The van der Waals surface area contributed by atoms with Crippen LogP contribution in [0.5, 0.6) is 0 Å². The van der Waals surface area contributed by atoms with Crippen LogP contribution in [0.4, 0.5) is 0 Å². The minimum atomic E-state index is 0.0308. The molecule has 3 heteroatoms. The van der Waals surface area contributed by atoms with Gasteiger partial charge in [0.2, 0.25) is 0 Å². The smallest absolute Gasteiger partial charge is 0.251 e. The lowest BCUT2D eigenvalue weighted by molar-refractivity contribution is 0.0554. The average molecular weight is 272 g/mol. The molecule has 1 fully saturated rings. The second-order valence-corrected chi connectivity index (χ2v) is 6.93. The van der Waals surface area contributed by atoms with Gasteiger partial charge < -0.3 is 10.6 Å². The minimum Gasteiger partial charge on any atom is -0.355 e. The molecule has 1 aromatic carbocycles. The van der Waals surface area contributed by atoms with Crippen molar-refractivity contribution in [3.05, 3.63) is 34.9 Å². The molecule has 20 heavy (non-hydrogen) atoms. The highest BCUT2D eigenvalue weighted by atomic mass is 16.1. The van der Waals surface area contributed by atoms with Crippen LogP contribution in [0.15, 0.2) is 18.2 Å². The Morgan fingerprint density at radius 3 is 2.80 bits per heavy atom. The Hall–Kier alpha value is -1.35. The molecule has 0 saturated carbocycles. The van der Waals surface area contributed by atoms with E-state index in [0.29, 0.717) is 6.04 Å². The maximum atomic E-state index is 12.1. The molecule has 1 amide bonds. The first-order valence-electron chi connectivity index (χ1n) is 7.49. The number of hydrogen-bond acceptors (Lipinski definition) is 2. The lowest BCUT2D eigenvalue weighted by atomic mass is 9.51. The Bertz CT molecular complexity index is 564. The molecular weight excluding hydrogens is 248 g/mol. The zero-order chi connectivity index (χ0) is 14.5. The van der Waals surface area contributed by atoms with E-state index in [4.69, 9.17) is 0 Å². The monoisotopic (exact) mass is 272 g/mol. The van der Waals surface area contributed by atoms with Crippen LogP contribution in [0.3, 0.4) is 0 Å². The fourth-order valence-electron chi connectivity index (χ4n) is 4.14. The van der Waals surface area contributed by atoms with Crippen LogP contribution in [0.25, 0.3) is 0 Å². The third-order valence-corrected chi connectivity index (χ3v) is 5.96. The number of piperidine rings is 1. The van der Waals surface area contributed by atoms with Gasteiger partial charge >= 0.3 is 0 Å². The predicted octanol–water partition coefficient (Wildman–Crippen LogP) is 2.25. The van der Waals surface area contributed by atoms with Gasteiger partial charge in [0.15, 0.2) is 0 Å². The highest BCUT2D eigenvalue weighted by Gasteiger charge is 2.53. The van der Waals surface area contributed by atoms with Gasteiger partial charge in [-0.05, 0) is 42.0 Å². The molecule has 1 heterocycles. The van der Waals surface area contributed by atoms with E-state index in [0.717, 1.165) is 24.9 Å². The fraction of sp³-hybridized carbons (Fsp3) is 0.588. The van der Waals surface area contributed by atoms with Crippen molar-refractivity contribution in [3.8, 4) is 0 Å². The largest absolute Gasteiger partial charge is 0.355 e. The molecule has 1 saturated heterocycles. The maximum Gasteiger partial charge on any atom is 0.251 e. The molecule has 2 bridgehead atoms. The molecule has 2 aliphatic rings. The summed E-state index contributed by atoms with van der Waals surface area (Å²) in [6.07, 6.45) is 2.07. The molecule has 0 spiro atoms. The van der Waals surface area contributed by atoms with E-state index in [-0.39, 0.29) is 16.7 Å². The SMILES string of the molecule is CNC(=O)c1cccc2c1CC1NCCC2(C)C1(C)C. The van der Waals surface area contributed by atoms with Crippen LogP contribution < -0.4 is 10.6 Å². The first kappa shape index (κ1) is 13.6. The van der Waals surface area contributed by atoms with Crippen molar-refractivity contribution in [2.45, 2.75) is 45.1 Å². The highest BCUT2D eigenvalue weighted by molar-refractivity contribution is 5.96. The number of carbonyl (C=O) groups is 1. The van der Waals surface area contributed by atoms with E-state index < -0.39 is 0 Å². The molecule has 2 N–H and O–H groups in total. The van der Waals surface area contributed by atoms with E-state index in [1.54, 1.807) is 7.05 Å². The zero-order valence-corrected chi connectivity index (χ0v) is 12.8. The first-order valence-corrected chi connectivity index (χ1v) is 7.49. The second-order valence-electron chi connectivity index (χ2n) is 6.93. The van der Waals surface area contributed by atoms with Gasteiger partial charge in [0, 0.05) is 24.1 Å². The Balaban J connectivity index is 2.22. The number of rotatable bonds is 1. The summed E-state index contributed by atoms with van der Waals surface area (Å²) in [6, 6.07) is 6.66. The van der Waals surface area contributed by atoms with Gasteiger partial charge in [0.05, 0.1) is 0 Å². The van der Waals surface area contributed by atoms with Crippen LogP contribution in [0, 0.1) is 5.41 Å². The zero-order valence-electron chi connectivity index (χ0n) is 12.8. The topological polar surface area (TPSA) is 41.1 Å². The van der Waals surface area contributed by atoms with Crippen molar-refractivity contribution in [3.63, 3.8) is 0 Å². The van der Waals surface area contributed by atoms with E-state index >= 15 is 0 Å². The van der Waals surface area contributed by atoms with Gasteiger partial charge in [0.25, 0.3) is 5.91 Å². The van der Waals surface area contributed by atoms with Crippen molar-refractivity contribution in [1.82, 2.24) is 10.6 Å². The second kappa shape index (κ2) is 4.32. The van der Waals surface area contributed by atoms with Crippen LogP contribution in [-0.2, 0) is 11.8 Å². The number of carbonyl (C=O) groups excluding carboxylic acids is 1. The summed E-state index contributed by atoms with van der Waals surface area (Å²) in [7, 11) is 1.70. The van der Waals surface area contributed by atoms with Gasteiger partial charge in [-0.3, -0.25) is 4.79 Å². The molecule has 0 aromatic heterocycles. The molecule has 3 nitrogen and oxygen atoms in total. The molecule has 1 aromatic rings. The van der Waals surface area contributed by atoms with Crippen LogP contribution in [0.2, 0.25) is 0 Å². The molecule has 2 unspecified atom stereocenters. The number of amides is 1. The van der Waals surface area contributed by atoms with E-state index in [1.807, 2.05) is 12.1 Å². The minimum absolute atomic E-state index is 0.0308. The Morgan fingerprint density at radius 1 is 1.35 bits per heavy atom. The van der Waals surface area contributed by atoms with Crippen molar-refractivity contribution in [2.75, 3.05) is 13.6 Å². The van der Waals surface area contributed by atoms with Gasteiger partial charge in [0.1, 0.15) is 0 Å². The lowest BCUT2D eigenvalue weighted by Gasteiger charge is -2.57. The molecule has 1 aliphatic heterocycles. The number of nitrogens with one attached hydrogen (secondary N) is 2. The van der Waals surface area contributed by atoms with Crippen molar-refractivity contribution in [2.24, 2.45) is 5.41 Å². The third-order valence-electron chi connectivity index (χ3n) is 5.96. The van der Waals surface area contributed by atoms with Crippen LogP contribution in [0.1, 0.15) is 48.7 Å². The average Bonchev–Trinajstić information content (AvgIpc) is 2.41. The number of benzene rings is 1. The summed E-state index contributed by atoms with van der Waals surface area (Å²) in [5.41, 5.74) is 3.81. The van der Waals surface area contributed by atoms with E-state index in [9.17, 15) is 4.79 Å². The third kappa shape index (κ3) is 1.59. The van der Waals surface area contributed by atoms with Gasteiger partial charge in [-0.1, -0.05) is 32.9 Å². The van der Waals surface area contributed by atoms with Crippen molar-refractivity contribution >= 4 is 5.91 Å². The molecule has 2 atom stereocenters. The standard InChI is InChI=1S/C17H24N2O/c1-16(2)14-10-12-11(15(20)18-4)6-5-7-13(12)17(16,3)8-9-19-14/h5-7,14,19H,8-10H2,1-4H3,(H,18,20). The van der Waals surface area contributed by atoms with E-state index in [1.165, 1.54) is 11.1 Å². The van der Waals surface area contributed by atoms with Gasteiger partial charge in [-0.2, -0.15) is 0 Å². The molecule has 3 rings (SSSR count). The quantitative estimate of drug-likeness (QED) is 0.823. The fourth-order valence-corrected chi connectivity index (χ4v) is 4.14. The van der Waals surface area contributed by atoms with Gasteiger partial charge in [-0.25, -0.2) is 0 Å². The summed E-state index contributed by atoms with van der Waals surface area (Å²) in [4.78, 5) is 12.1. The number of hydrogen-bond donors (Lipinski definition) is 2. The lowest BCUT2D eigenvalue weighted by Crippen LogP contribution is -2.62. The predicted molar refractivity (Wildman–Crippen MR) is 81.1 cm³/mol.